The number of methoxy groups -OCH3 is 1. The van der Waals surface area contributed by atoms with Gasteiger partial charge in [-0.3, -0.25) is 4.79 Å². The van der Waals surface area contributed by atoms with Gasteiger partial charge in [0, 0.05) is 18.5 Å². The summed E-state index contributed by atoms with van der Waals surface area (Å²) in [6.45, 7) is 10.5. The quantitative estimate of drug-likeness (QED) is 0.482. The van der Waals surface area contributed by atoms with E-state index in [1.165, 1.54) is 0 Å². The number of phenols is 1. The Labute approximate surface area is 202 Å². The number of carbonyl (C=O) groups is 1. The lowest BCUT2D eigenvalue weighted by molar-refractivity contribution is -0.122. The standard InChI is InChI=1S/C29H35NO4/c1-17-18(2)27-25(20(4)26(17)31)11-12-29(5,34-27)13-14-30-28(32)19(3)21-7-8-23-16-24(33-6)10-9-22(23)15-21/h7-10,15-16,19,31H,11-14H2,1-6H3,(H,30,32)/t19-,29?/m0/s1. The molecule has 3 aromatic rings. The predicted molar refractivity (Wildman–Crippen MR) is 136 cm³/mol. The van der Waals surface area contributed by atoms with E-state index in [-0.39, 0.29) is 17.4 Å². The summed E-state index contributed by atoms with van der Waals surface area (Å²) in [4.78, 5) is 12.9. The highest BCUT2D eigenvalue weighted by molar-refractivity contribution is 5.88. The molecule has 0 aromatic heterocycles. The highest BCUT2D eigenvalue weighted by atomic mass is 16.5. The number of hydrogen-bond acceptors (Lipinski definition) is 4. The molecule has 2 N–H and O–H groups in total. The molecule has 0 saturated carbocycles. The maximum absolute atomic E-state index is 12.9. The zero-order valence-corrected chi connectivity index (χ0v) is 21.0. The van der Waals surface area contributed by atoms with Crippen LogP contribution in [-0.4, -0.2) is 30.3 Å². The second kappa shape index (κ2) is 9.21. The van der Waals surface area contributed by atoms with E-state index < -0.39 is 0 Å². The minimum atomic E-state index is -0.355. The van der Waals surface area contributed by atoms with E-state index in [2.05, 4.69) is 18.3 Å². The minimum Gasteiger partial charge on any atom is -0.507 e. The Morgan fingerprint density at radius 2 is 1.82 bits per heavy atom. The second-order valence-electron chi connectivity index (χ2n) is 9.82. The van der Waals surface area contributed by atoms with Crippen molar-refractivity contribution < 1.29 is 19.4 Å². The van der Waals surface area contributed by atoms with E-state index in [4.69, 9.17) is 9.47 Å². The first kappa shape index (κ1) is 23.9. The molecule has 1 heterocycles. The molecule has 0 radical (unpaired) electrons. The summed E-state index contributed by atoms with van der Waals surface area (Å²) < 4.78 is 11.8. The second-order valence-corrected chi connectivity index (χ2v) is 9.82. The molecule has 0 saturated heterocycles. The van der Waals surface area contributed by atoms with Gasteiger partial charge in [0.2, 0.25) is 5.91 Å². The van der Waals surface area contributed by atoms with Crippen LogP contribution in [0.15, 0.2) is 36.4 Å². The van der Waals surface area contributed by atoms with Crippen molar-refractivity contribution in [2.75, 3.05) is 13.7 Å². The Kier molecular flexibility index (Phi) is 6.48. The van der Waals surface area contributed by atoms with Crippen molar-refractivity contribution in [1.82, 2.24) is 5.32 Å². The van der Waals surface area contributed by atoms with E-state index in [0.29, 0.717) is 12.3 Å². The fraction of sp³-hybridized carbons (Fsp3) is 0.414. The number of fused-ring (bicyclic) bond motifs is 2. The SMILES string of the molecule is COc1ccc2cc([C@H](C)C(=O)NCCC3(C)CCc4c(C)c(O)c(C)c(C)c4O3)ccc2c1. The molecule has 5 nitrogen and oxygen atoms in total. The van der Waals surface area contributed by atoms with Crippen molar-refractivity contribution in [2.45, 2.75) is 65.4 Å². The van der Waals surface area contributed by atoms with Crippen LogP contribution in [0.3, 0.4) is 0 Å². The van der Waals surface area contributed by atoms with Crippen molar-refractivity contribution >= 4 is 16.7 Å². The van der Waals surface area contributed by atoms with Gasteiger partial charge in [-0.15, -0.1) is 0 Å². The molecule has 1 unspecified atom stereocenters. The summed E-state index contributed by atoms with van der Waals surface area (Å²) in [7, 11) is 1.66. The van der Waals surface area contributed by atoms with Crippen LogP contribution in [0.2, 0.25) is 0 Å². The van der Waals surface area contributed by atoms with Crippen LogP contribution in [0.5, 0.6) is 17.2 Å². The molecular weight excluding hydrogens is 426 g/mol. The summed E-state index contributed by atoms with van der Waals surface area (Å²) in [5.74, 6) is 1.86. The van der Waals surface area contributed by atoms with Crippen LogP contribution in [-0.2, 0) is 11.2 Å². The fourth-order valence-electron chi connectivity index (χ4n) is 4.86. The monoisotopic (exact) mass is 461 g/mol. The van der Waals surface area contributed by atoms with Gasteiger partial charge in [0.15, 0.2) is 0 Å². The summed E-state index contributed by atoms with van der Waals surface area (Å²) in [6.07, 6.45) is 2.43. The third kappa shape index (κ3) is 4.44. The van der Waals surface area contributed by atoms with Gasteiger partial charge in [-0.1, -0.05) is 24.3 Å². The number of nitrogens with one attached hydrogen (secondary N) is 1. The predicted octanol–water partition coefficient (Wildman–Crippen LogP) is 5.87. The molecule has 5 heteroatoms. The Morgan fingerprint density at radius 3 is 2.56 bits per heavy atom. The van der Waals surface area contributed by atoms with Gasteiger partial charge in [-0.2, -0.15) is 0 Å². The minimum absolute atomic E-state index is 0.0143. The number of amides is 1. The summed E-state index contributed by atoms with van der Waals surface area (Å²) in [6, 6.07) is 12.1. The number of aromatic hydroxyl groups is 1. The van der Waals surface area contributed by atoms with Crippen LogP contribution in [0, 0.1) is 20.8 Å². The van der Waals surface area contributed by atoms with E-state index in [1.807, 2.05) is 58.0 Å². The molecule has 34 heavy (non-hydrogen) atoms. The summed E-state index contributed by atoms with van der Waals surface area (Å²) in [5, 5.41) is 15.7. The third-order valence-corrected chi connectivity index (χ3v) is 7.51. The van der Waals surface area contributed by atoms with E-state index in [9.17, 15) is 9.90 Å². The van der Waals surface area contributed by atoms with Crippen LogP contribution >= 0.6 is 0 Å². The zero-order chi connectivity index (χ0) is 24.6. The van der Waals surface area contributed by atoms with Crippen molar-refractivity contribution in [3.8, 4) is 17.2 Å². The molecule has 0 aliphatic carbocycles. The fourth-order valence-corrected chi connectivity index (χ4v) is 4.86. The Bertz CT molecular complexity index is 1250. The Balaban J connectivity index is 1.40. The zero-order valence-electron chi connectivity index (χ0n) is 21.0. The average molecular weight is 462 g/mol. The van der Waals surface area contributed by atoms with Crippen LogP contribution in [0.25, 0.3) is 10.8 Å². The van der Waals surface area contributed by atoms with Gasteiger partial charge in [0.25, 0.3) is 0 Å². The maximum atomic E-state index is 12.9. The highest BCUT2D eigenvalue weighted by Gasteiger charge is 2.34. The van der Waals surface area contributed by atoms with Crippen molar-refractivity contribution in [3.63, 3.8) is 0 Å². The smallest absolute Gasteiger partial charge is 0.227 e. The molecule has 1 aliphatic rings. The molecule has 1 amide bonds. The first-order valence-corrected chi connectivity index (χ1v) is 12.0. The number of benzene rings is 3. The lowest BCUT2D eigenvalue weighted by atomic mass is 9.85. The largest absolute Gasteiger partial charge is 0.507 e. The van der Waals surface area contributed by atoms with Gasteiger partial charge in [-0.25, -0.2) is 0 Å². The number of phenolic OH excluding ortho intramolecular Hbond substituents is 1. The van der Waals surface area contributed by atoms with Crippen LogP contribution in [0.1, 0.15) is 60.4 Å². The van der Waals surface area contributed by atoms with E-state index in [1.54, 1.807) is 7.11 Å². The lowest BCUT2D eigenvalue weighted by Crippen LogP contribution is -2.41. The average Bonchev–Trinajstić information content (AvgIpc) is 2.84. The molecule has 3 aromatic carbocycles. The summed E-state index contributed by atoms with van der Waals surface area (Å²) in [5.41, 5.74) is 4.52. The Morgan fingerprint density at radius 1 is 1.12 bits per heavy atom. The lowest BCUT2D eigenvalue weighted by Gasteiger charge is -2.38. The molecule has 0 bridgehead atoms. The third-order valence-electron chi connectivity index (χ3n) is 7.51. The molecule has 0 fully saturated rings. The number of carbonyl (C=O) groups excluding carboxylic acids is 1. The van der Waals surface area contributed by atoms with E-state index >= 15 is 0 Å². The summed E-state index contributed by atoms with van der Waals surface area (Å²) >= 11 is 0. The topological polar surface area (TPSA) is 67.8 Å². The van der Waals surface area contributed by atoms with Crippen LogP contribution < -0.4 is 14.8 Å². The van der Waals surface area contributed by atoms with Gasteiger partial charge in [0.1, 0.15) is 22.8 Å². The molecule has 4 rings (SSSR count). The molecule has 2 atom stereocenters. The molecule has 1 aliphatic heterocycles. The van der Waals surface area contributed by atoms with Gasteiger partial charge < -0.3 is 19.9 Å². The molecule has 0 spiro atoms. The number of ether oxygens (including phenoxy) is 2. The van der Waals surface area contributed by atoms with Gasteiger partial charge >= 0.3 is 0 Å². The van der Waals surface area contributed by atoms with Crippen molar-refractivity contribution in [1.29, 1.82) is 0 Å². The normalized spacial score (nSPS) is 18.2. The Hall–Kier alpha value is -3.21. The van der Waals surface area contributed by atoms with E-state index in [0.717, 1.165) is 69.4 Å². The highest BCUT2D eigenvalue weighted by Crippen LogP contribution is 2.44. The molecular formula is C29H35NO4. The van der Waals surface area contributed by atoms with Crippen molar-refractivity contribution in [3.05, 3.63) is 64.2 Å². The van der Waals surface area contributed by atoms with Crippen molar-refractivity contribution in [2.24, 2.45) is 0 Å². The number of rotatable bonds is 6. The first-order valence-electron chi connectivity index (χ1n) is 12.0. The van der Waals surface area contributed by atoms with Crippen LogP contribution in [0.4, 0.5) is 0 Å². The maximum Gasteiger partial charge on any atom is 0.227 e. The van der Waals surface area contributed by atoms with Gasteiger partial charge in [-0.05, 0) is 92.6 Å². The molecule has 180 valence electrons. The first-order chi connectivity index (χ1) is 16.1. The van der Waals surface area contributed by atoms with Gasteiger partial charge in [0.05, 0.1) is 13.0 Å². The number of hydrogen-bond donors (Lipinski definition) is 2.